The van der Waals surface area contributed by atoms with Crippen LogP contribution in [0.25, 0.3) is 11.3 Å². The van der Waals surface area contributed by atoms with Gasteiger partial charge in [0.05, 0.1) is 11.6 Å². The molecule has 0 aliphatic heterocycles. The van der Waals surface area contributed by atoms with E-state index in [4.69, 9.17) is 14.4 Å². The largest absolute Gasteiger partial charge is 0.490 e. The molecule has 0 unspecified atom stereocenters. The maximum absolute atomic E-state index is 11.3. The topological polar surface area (TPSA) is 113 Å². The predicted octanol–water partition coefficient (Wildman–Crippen LogP) is 3.48. The fraction of sp³-hybridized carbons (Fsp3) is 0.316. The molecule has 1 aromatic carbocycles. The number of carboxylic acid groups (broad SMARTS) is 2. The number of halogens is 3. The number of nitrogens with one attached hydrogen (secondary N) is 1. The third-order valence-electron chi connectivity index (χ3n) is 4.15. The van der Waals surface area contributed by atoms with E-state index in [1.807, 2.05) is 48.6 Å². The van der Waals surface area contributed by atoms with Gasteiger partial charge in [0.15, 0.2) is 5.76 Å². The molecular formula is C19H19F3N2O5. The van der Waals surface area contributed by atoms with E-state index >= 15 is 0 Å². The molecule has 1 aliphatic rings. The van der Waals surface area contributed by atoms with Crippen LogP contribution in [0.3, 0.4) is 0 Å². The molecule has 10 heteroatoms. The van der Waals surface area contributed by atoms with Crippen molar-refractivity contribution in [2.24, 2.45) is 5.92 Å². The first-order chi connectivity index (χ1) is 13.7. The van der Waals surface area contributed by atoms with Gasteiger partial charge in [-0.1, -0.05) is 47.6 Å². The minimum atomic E-state index is -5.08. The summed E-state index contributed by atoms with van der Waals surface area (Å²) in [5.41, 5.74) is 1.75. The van der Waals surface area contributed by atoms with Gasteiger partial charge in [0.25, 0.3) is 0 Å². The molecule has 156 valence electrons. The number of rotatable bonds is 5. The van der Waals surface area contributed by atoms with Crippen LogP contribution >= 0.6 is 0 Å². The molecule has 3 N–H and O–H groups in total. The van der Waals surface area contributed by atoms with Crippen LogP contribution < -0.4 is 5.32 Å². The number of aliphatic carboxylic acids is 2. The highest BCUT2D eigenvalue weighted by atomic mass is 19.4. The third kappa shape index (κ3) is 6.75. The van der Waals surface area contributed by atoms with Crippen LogP contribution in [0.1, 0.15) is 18.5 Å². The molecule has 0 saturated carbocycles. The molecule has 0 saturated heterocycles. The SMILES string of the molecule is O=C(O)C(F)(F)F.O=C(O)[C@@H]1CC=CC[C@@H]1NCc1cc(-c2ccccc2)on1. The van der Waals surface area contributed by atoms with Crippen molar-refractivity contribution in [2.75, 3.05) is 0 Å². The smallest absolute Gasteiger partial charge is 0.481 e. The Morgan fingerprint density at radius 1 is 1.14 bits per heavy atom. The molecule has 0 bridgehead atoms. The summed E-state index contributed by atoms with van der Waals surface area (Å²) in [5.74, 6) is -3.18. The molecule has 1 aromatic heterocycles. The zero-order valence-electron chi connectivity index (χ0n) is 15.1. The first kappa shape index (κ1) is 22.2. The minimum Gasteiger partial charge on any atom is -0.481 e. The van der Waals surface area contributed by atoms with Crippen molar-refractivity contribution in [1.82, 2.24) is 10.5 Å². The van der Waals surface area contributed by atoms with Crippen molar-refractivity contribution in [3.63, 3.8) is 0 Å². The summed E-state index contributed by atoms with van der Waals surface area (Å²) in [6.45, 7) is 0.499. The number of aromatic nitrogens is 1. The summed E-state index contributed by atoms with van der Waals surface area (Å²) >= 11 is 0. The summed E-state index contributed by atoms with van der Waals surface area (Å²) < 4.78 is 37.1. The molecule has 7 nitrogen and oxygen atoms in total. The minimum absolute atomic E-state index is 0.0700. The van der Waals surface area contributed by atoms with Crippen LogP contribution in [0, 0.1) is 5.92 Å². The van der Waals surface area contributed by atoms with E-state index in [0.29, 0.717) is 13.0 Å². The summed E-state index contributed by atoms with van der Waals surface area (Å²) in [6.07, 6.45) is 0.164. The second kappa shape index (κ2) is 9.87. The lowest BCUT2D eigenvalue weighted by Crippen LogP contribution is -2.40. The van der Waals surface area contributed by atoms with Gasteiger partial charge in [0.2, 0.25) is 0 Å². The van der Waals surface area contributed by atoms with Gasteiger partial charge in [-0.3, -0.25) is 4.79 Å². The van der Waals surface area contributed by atoms with Crippen molar-refractivity contribution < 1.29 is 37.5 Å². The van der Waals surface area contributed by atoms with Crippen LogP contribution in [-0.2, 0) is 16.1 Å². The van der Waals surface area contributed by atoms with Gasteiger partial charge >= 0.3 is 18.1 Å². The number of hydrogen-bond acceptors (Lipinski definition) is 5. The molecular weight excluding hydrogens is 393 g/mol. The summed E-state index contributed by atoms with van der Waals surface area (Å²) in [6, 6.07) is 11.6. The highest BCUT2D eigenvalue weighted by Crippen LogP contribution is 2.22. The fourth-order valence-corrected chi connectivity index (χ4v) is 2.68. The fourth-order valence-electron chi connectivity index (χ4n) is 2.68. The van der Waals surface area contributed by atoms with Crippen LogP contribution in [0.5, 0.6) is 0 Å². The van der Waals surface area contributed by atoms with Gasteiger partial charge < -0.3 is 20.1 Å². The van der Waals surface area contributed by atoms with E-state index in [-0.39, 0.29) is 12.0 Å². The molecule has 1 aliphatic carbocycles. The monoisotopic (exact) mass is 412 g/mol. The highest BCUT2D eigenvalue weighted by molar-refractivity contribution is 5.73. The van der Waals surface area contributed by atoms with Gasteiger partial charge in [-0.25, -0.2) is 4.79 Å². The Bertz CT molecular complexity index is 849. The van der Waals surface area contributed by atoms with Gasteiger partial charge in [-0.15, -0.1) is 0 Å². The van der Waals surface area contributed by atoms with Crippen molar-refractivity contribution in [2.45, 2.75) is 31.6 Å². The van der Waals surface area contributed by atoms with Crippen LogP contribution in [0.2, 0.25) is 0 Å². The number of alkyl halides is 3. The van der Waals surface area contributed by atoms with Crippen LogP contribution in [0.4, 0.5) is 13.2 Å². The zero-order valence-corrected chi connectivity index (χ0v) is 15.1. The Balaban J connectivity index is 0.000000370. The van der Waals surface area contributed by atoms with E-state index < -0.39 is 18.1 Å². The summed E-state index contributed by atoms with van der Waals surface area (Å²) in [5, 5.41) is 23.7. The second-order valence-corrected chi connectivity index (χ2v) is 6.23. The number of nitrogens with zero attached hydrogens (tertiary/aromatic N) is 1. The lowest BCUT2D eigenvalue weighted by atomic mass is 9.89. The van der Waals surface area contributed by atoms with Crippen LogP contribution in [0.15, 0.2) is 53.1 Å². The lowest BCUT2D eigenvalue weighted by Gasteiger charge is -2.25. The average Bonchev–Trinajstić information content (AvgIpc) is 3.16. The Hall–Kier alpha value is -3.14. The first-order valence-electron chi connectivity index (χ1n) is 8.60. The normalized spacial score (nSPS) is 18.6. The molecule has 0 fully saturated rings. The molecule has 29 heavy (non-hydrogen) atoms. The number of carboxylic acids is 2. The van der Waals surface area contributed by atoms with E-state index in [0.717, 1.165) is 23.4 Å². The summed E-state index contributed by atoms with van der Waals surface area (Å²) in [7, 11) is 0. The van der Waals surface area contributed by atoms with Crippen molar-refractivity contribution in [3.05, 3.63) is 54.2 Å². The molecule has 2 aromatic rings. The van der Waals surface area contributed by atoms with E-state index in [1.54, 1.807) is 0 Å². The molecule has 0 radical (unpaired) electrons. The average molecular weight is 412 g/mol. The van der Waals surface area contributed by atoms with E-state index in [1.165, 1.54) is 0 Å². The molecule has 0 spiro atoms. The maximum Gasteiger partial charge on any atom is 0.490 e. The maximum atomic E-state index is 11.3. The number of benzene rings is 1. The van der Waals surface area contributed by atoms with E-state index in [2.05, 4.69) is 10.5 Å². The van der Waals surface area contributed by atoms with Crippen molar-refractivity contribution in [3.8, 4) is 11.3 Å². The first-order valence-corrected chi connectivity index (χ1v) is 8.60. The molecule has 1 heterocycles. The number of carbonyl (C=O) groups is 2. The predicted molar refractivity (Wildman–Crippen MR) is 95.8 cm³/mol. The Kier molecular flexibility index (Phi) is 7.54. The quantitative estimate of drug-likeness (QED) is 0.645. The molecule has 0 amide bonds. The standard InChI is InChI=1S/C17H18N2O3.C2HF3O2/c20-17(21)14-8-4-5-9-15(14)18-11-13-10-16(22-19-13)12-6-2-1-3-7-12;3-2(4,5)1(6)7/h1-7,10,14-15,18H,8-9,11H2,(H,20,21);(H,6,7)/t14-,15+;/m1./s1. The third-order valence-corrected chi connectivity index (χ3v) is 4.15. The summed E-state index contributed by atoms with van der Waals surface area (Å²) in [4.78, 5) is 20.2. The highest BCUT2D eigenvalue weighted by Gasteiger charge is 2.38. The number of allylic oxidation sites excluding steroid dienone is 1. The number of hydrogen-bond donors (Lipinski definition) is 3. The van der Waals surface area contributed by atoms with Gasteiger partial charge in [0, 0.05) is 24.2 Å². The van der Waals surface area contributed by atoms with E-state index in [9.17, 15) is 23.1 Å². The van der Waals surface area contributed by atoms with Crippen LogP contribution in [-0.4, -0.2) is 39.5 Å². The van der Waals surface area contributed by atoms with Crippen molar-refractivity contribution >= 4 is 11.9 Å². The van der Waals surface area contributed by atoms with Gasteiger partial charge in [-0.05, 0) is 12.8 Å². The zero-order chi connectivity index (χ0) is 21.4. The van der Waals surface area contributed by atoms with Crippen molar-refractivity contribution in [1.29, 1.82) is 0 Å². The van der Waals surface area contributed by atoms with Gasteiger partial charge in [-0.2, -0.15) is 13.2 Å². The molecule has 2 atom stereocenters. The Labute approximate surface area is 163 Å². The Morgan fingerprint density at radius 3 is 2.34 bits per heavy atom. The Morgan fingerprint density at radius 2 is 1.76 bits per heavy atom. The second-order valence-electron chi connectivity index (χ2n) is 6.23. The molecule has 3 rings (SSSR count). The lowest BCUT2D eigenvalue weighted by molar-refractivity contribution is -0.192. The van der Waals surface area contributed by atoms with Gasteiger partial charge in [0.1, 0.15) is 0 Å².